The summed E-state index contributed by atoms with van der Waals surface area (Å²) in [6, 6.07) is 52.7. The van der Waals surface area contributed by atoms with Gasteiger partial charge >= 0.3 is 0 Å². The van der Waals surface area contributed by atoms with Gasteiger partial charge in [0.1, 0.15) is 23.2 Å². The van der Waals surface area contributed by atoms with Crippen LogP contribution in [0.15, 0.2) is 166 Å². The summed E-state index contributed by atoms with van der Waals surface area (Å²) in [5.41, 5.74) is 7.22. The molecule has 9 rings (SSSR count). The quantitative estimate of drug-likeness (QED) is 0.226. The molecule has 1 atom stereocenters. The predicted octanol–water partition coefficient (Wildman–Crippen LogP) is 10.1. The topological polar surface area (TPSA) is 49.9 Å². The molecule has 0 saturated heterocycles. The van der Waals surface area contributed by atoms with E-state index in [0.717, 1.165) is 77.1 Å². The van der Waals surface area contributed by atoms with E-state index in [-0.39, 0.29) is 6.17 Å². The van der Waals surface area contributed by atoms with Gasteiger partial charge in [-0.3, -0.25) is 0 Å². The van der Waals surface area contributed by atoms with E-state index >= 15 is 0 Å². The summed E-state index contributed by atoms with van der Waals surface area (Å²) in [6.45, 7) is 0. The van der Waals surface area contributed by atoms with E-state index in [1.54, 1.807) is 0 Å². The van der Waals surface area contributed by atoms with Crippen LogP contribution in [0.25, 0.3) is 54.6 Å². The molecule has 0 amide bonds. The number of hydrogen-bond acceptors (Lipinski definition) is 4. The molecule has 0 saturated carbocycles. The van der Waals surface area contributed by atoms with Crippen molar-refractivity contribution in [1.29, 1.82) is 0 Å². The van der Waals surface area contributed by atoms with Crippen molar-refractivity contribution in [1.82, 2.24) is 5.32 Å². The Labute approximate surface area is 260 Å². The molecule has 1 aliphatic heterocycles. The van der Waals surface area contributed by atoms with E-state index in [1.807, 2.05) is 48.5 Å². The van der Waals surface area contributed by atoms with Gasteiger partial charge in [-0.15, -0.1) is 0 Å². The lowest BCUT2D eigenvalue weighted by Gasteiger charge is -2.24. The largest absolute Gasteiger partial charge is 0.455 e. The first-order chi connectivity index (χ1) is 22.3. The van der Waals surface area contributed by atoms with Gasteiger partial charge in [0.05, 0.1) is 0 Å². The first-order valence-electron chi connectivity index (χ1n) is 15.2. The number of benzene rings is 7. The molecule has 4 nitrogen and oxygen atoms in total. The van der Waals surface area contributed by atoms with Gasteiger partial charge in [-0.25, -0.2) is 9.98 Å². The van der Waals surface area contributed by atoms with Gasteiger partial charge in [0.15, 0.2) is 5.84 Å². The lowest BCUT2D eigenvalue weighted by atomic mass is 9.91. The second-order valence-electron chi connectivity index (χ2n) is 11.4. The second kappa shape index (κ2) is 10.3. The zero-order chi connectivity index (χ0) is 29.7. The van der Waals surface area contributed by atoms with E-state index in [1.165, 1.54) is 0 Å². The molecule has 1 unspecified atom stereocenters. The fraction of sp³-hybridized carbons (Fsp3) is 0.0244. The van der Waals surface area contributed by atoms with Crippen molar-refractivity contribution in [3.05, 3.63) is 168 Å². The van der Waals surface area contributed by atoms with E-state index in [4.69, 9.17) is 14.4 Å². The number of para-hydroxylation sites is 1. The minimum absolute atomic E-state index is 0.258. The molecule has 0 fully saturated rings. The van der Waals surface area contributed by atoms with Gasteiger partial charge in [-0.2, -0.15) is 0 Å². The van der Waals surface area contributed by atoms with Crippen molar-refractivity contribution in [3.8, 4) is 11.1 Å². The Kier molecular flexibility index (Phi) is 5.85. The third kappa shape index (κ3) is 4.22. The van der Waals surface area contributed by atoms with Crippen LogP contribution in [-0.2, 0) is 0 Å². The average Bonchev–Trinajstić information content (AvgIpc) is 3.50. The molecule has 0 bridgehead atoms. The van der Waals surface area contributed by atoms with Gasteiger partial charge in [0.25, 0.3) is 0 Å². The number of rotatable bonds is 4. The minimum Gasteiger partial charge on any atom is -0.455 e. The molecule has 45 heavy (non-hydrogen) atoms. The molecule has 4 heteroatoms. The molecular formula is C41H27N3O. The van der Waals surface area contributed by atoms with Gasteiger partial charge in [0.2, 0.25) is 0 Å². The zero-order valence-electron chi connectivity index (χ0n) is 24.3. The Morgan fingerprint density at radius 1 is 0.511 bits per heavy atom. The van der Waals surface area contributed by atoms with E-state index in [0.29, 0.717) is 5.84 Å². The molecule has 1 N–H and O–H groups in total. The van der Waals surface area contributed by atoms with Gasteiger partial charge in [-0.05, 0) is 51.0 Å². The van der Waals surface area contributed by atoms with Crippen LogP contribution in [0.4, 0.5) is 0 Å². The van der Waals surface area contributed by atoms with Crippen LogP contribution in [0, 0.1) is 0 Å². The molecule has 1 aliphatic rings. The number of aliphatic imine (C=N–C) groups is 2. The van der Waals surface area contributed by atoms with Crippen LogP contribution in [0.2, 0.25) is 0 Å². The Hall–Kier alpha value is -6.00. The number of furan rings is 1. The van der Waals surface area contributed by atoms with Crippen LogP contribution in [0.3, 0.4) is 0 Å². The summed E-state index contributed by atoms with van der Waals surface area (Å²) in [7, 11) is 0. The smallest absolute Gasteiger partial charge is 0.160 e. The highest BCUT2D eigenvalue weighted by molar-refractivity contribution is 6.22. The van der Waals surface area contributed by atoms with Gasteiger partial charge in [-0.1, -0.05) is 133 Å². The molecule has 0 radical (unpaired) electrons. The van der Waals surface area contributed by atoms with Crippen molar-refractivity contribution in [2.45, 2.75) is 6.17 Å². The third-order valence-corrected chi connectivity index (χ3v) is 8.75. The Balaban J connectivity index is 1.27. The van der Waals surface area contributed by atoms with Crippen molar-refractivity contribution in [2.75, 3.05) is 0 Å². The van der Waals surface area contributed by atoms with Crippen molar-refractivity contribution < 1.29 is 4.42 Å². The maximum atomic E-state index is 6.52. The normalized spacial score (nSPS) is 14.9. The molecule has 0 spiro atoms. The highest BCUT2D eigenvalue weighted by atomic mass is 16.3. The maximum Gasteiger partial charge on any atom is 0.160 e. The second-order valence-corrected chi connectivity index (χ2v) is 11.4. The highest BCUT2D eigenvalue weighted by Crippen LogP contribution is 2.41. The van der Waals surface area contributed by atoms with Crippen LogP contribution in [-0.4, -0.2) is 11.7 Å². The van der Waals surface area contributed by atoms with Crippen molar-refractivity contribution in [3.63, 3.8) is 0 Å². The monoisotopic (exact) mass is 577 g/mol. The summed E-state index contributed by atoms with van der Waals surface area (Å²) >= 11 is 0. The van der Waals surface area contributed by atoms with E-state index in [2.05, 4.69) is 108 Å². The fourth-order valence-electron chi connectivity index (χ4n) is 6.62. The zero-order valence-corrected chi connectivity index (χ0v) is 24.3. The van der Waals surface area contributed by atoms with Crippen LogP contribution >= 0.6 is 0 Å². The minimum atomic E-state index is -0.258. The lowest BCUT2D eigenvalue weighted by molar-refractivity contribution is 0.672. The number of nitrogens with one attached hydrogen (secondary N) is 1. The summed E-state index contributed by atoms with van der Waals surface area (Å²) in [5.74, 6) is 1.52. The molecule has 212 valence electrons. The van der Waals surface area contributed by atoms with Gasteiger partial charge < -0.3 is 9.73 Å². The molecule has 2 heterocycles. The van der Waals surface area contributed by atoms with Crippen LogP contribution in [0.1, 0.15) is 22.9 Å². The molecule has 7 aromatic carbocycles. The standard InChI is InChI=1S/C41H27N3O/c1-3-12-27(13-4-1)39-42-40(28-14-5-2-6-15-28)44-41(43-39)35-25-24-31(29-17-7-8-18-30(29)35)33-20-11-16-26-22-23-34-32-19-9-10-21-36(32)45-38(34)37(26)33/h1-25,39H,(H,42,43,44). The van der Waals surface area contributed by atoms with Crippen molar-refractivity contribution in [2.24, 2.45) is 9.98 Å². The number of fused-ring (bicyclic) bond motifs is 6. The number of amidine groups is 2. The Morgan fingerprint density at radius 2 is 1.20 bits per heavy atom. The van der Waals surface area contributed by atoms with Crippen molar-refractivity contribution >= 4 is 55.2 Å². The summed E-state index contributed by atoms with van der Waals surface area (Å²) in [4.78, 5) is 10.3. The summed E-state index contributed by atoms with van der Waals surface area (Å²) in [6.07, 6.45) is -0.258. The first-order valence-corrected chi connectivity index (χ1v) is 15.2. The van der Waals surface area contributed by atoms with Gasteiger partial charge in [0, 0.05) is 27.3 Å². The Morgan fingerprint density at radius 3 is 2.02 bits per heavy atom. The first kappa shape index (κ1) is 25.5. The van der Waals surface area contributed by atoms with Crippen LogP contribution < -0.4 is 5.32 Å². The number of hydrogen-bond donors (Lipinski definition) is 1. The lowest BCUT2D eigenvalue weighted by Crippen LogP contribution is -2.33. The average molecular weight is 578 g/mol. The fourth-order valence-corrected chi connectivity index (χ4v) is 6.62. The highest BCUT2D eigenvalue weighted by Gasteiger charge is 2.23. The van der Waals surface area contributed by atoms with E-state index in [9.17, 15) is 0 Å². The molecular weight excluding hydrogens is 550 g/mol. The summed E-state index contributed by atoms with van der Waals surface area (Å²) in [5, 5.41) is 10.4. The SMILES string of the molecule is c1ccc(C2=NC(c3ccc(-c4cccc5ccc6c7ccccc7oc6c45)c4ccccc34)=NC(c3ccccc3)N2)cc1. The molecule has 8 aromatic rings. The van der Waals surface area contributed by atoms with Crippen LogP contribution in [0.5, 0.6) is 0 Å². The third-order valence-electron chi connectivity index (χ3n) is 8.75. The predicted molar refractivity (Wildman–Crippen MR) is 186 cm³/mol. The summed E-state index contributed by atoms with van der Waals surface area (Å²) < 4.78 is 6.52. The molecule has 1 aromatic heterocycles. The van der Waals surface area contributed by atoms with E-state index < -0.39 is 0 Å². The molecule has 0 aliphatic carbocycles. The maximum absolute atomic E-state index is 6.52. The number of nitrogens with zero attached hydrogens (tertiary/aromatic N) is 2. The Bertz CT molecular complexity index is 2460.